The summed E-state index contributed by atoms with van der Waals surface area (Å²) in [6.07, 6.45) is 3.23. The number of nitro groups is 1. The summed E-state index contributed by atoms with van der Waals surface area (Å²) in [4.78, 5) is 10.6. The van der Waals surface area contributed by atoms with Crippen molar-refractivity contribution in [3.05, 3.63) is 81.7 Å². The number of ether oxygens (including phenoxy) is 2. The van der Waals surface area contributed by atoms with Crippen molar-refractivity contribution >= 4 is 17.8 Å². The zero-order valence-electron chi connectivity index (χ0n) is 14.7. The molecular formula is C20H18N2O5. The quantitative estimate of drug-likeness (QED) is 0.331. The molecular weight excluding hydrogens is 348 g/mol. The third-order valence-electron chi connectivity index (χ3n) is 3.69. The zero-order chi connectivity index (χ0) is 19.1. The maximum absolute atomic E-state index is 11.1. The summed E-state index contributed by atoms with van der Waals surface area (Å²) in [5, 5.41) is 14.7. The third kappa shape index (κ3) is 4.94. The van der Waals surface area contributed by atoms with E-state index in [1.807, 2.05) is 54.6 Å². The molecule has 0 spiro atoms. The fourth-order valence-electron chi connectivity index (χ4n) is 2.43. The molecule has 0 saturated carbocycles. The number of aromatic nitrogens is 1. The first-order valence-electron chi connectivity index (χ1n) is 8.33. The van der Waals surface area contributed by atoms with Crippen molar-refractivity contribution in [2.45, 2.75) is 6.92 Å². The smallest absolute Gasteiger partial charge is 0.338 e. The number of para-hydroxylation sites is 1. The van der Waals surface area contributed by atoms with Crippen LogP contribution in [0.3, 0.4) is 0 Å². The SMILES string of the molecule is Cc1noc(/C=C\c2cccc(OCCOc3ccccc3)c2)c1[N+](=O)[O-]. The molecule has 0 aliphatic rings. The molecule has 0 fully saturated rings. The summed E-state index contributed by atoms with van der Waals surface area (Å²) >= 11 is 0. The predicted octanol–water partition coefficient (Wildman–Crippen LogP) is 4.52. The van der Waals surface area contributed by atoms with Crippen LogP contribution in [0.25, 0.3) is 12.2 Å². The van der Waals surface area contributed by atoms with Crippen molar-refractivity contribution in [1.29, 1.82) is 0 Å². The normalized spacial score (nSPS) is 10.9. The Morgan fingerprint density at radius 3 is 2.48 bits per heavy atom. The Kier molecular flexibility index (Phi) is 5.84. The first-order valence-corrected chi connectivity index (χ1v) is 8.33. The van der Waals surface area contributed by atoms with Gasteiger partial charge in [0.1, 0.15) is 24.7 Å². The Bertz CT molecular complexity index is 935. The van der Waals surface area contributed by atoms with Crippen molar-refractivity contribution in [1.82, 2.24) is 5.16 Å². The van der Waals surface area contributed by atoms with Gasteiger partial charge >= 0.3 is 5.69 Å². The summed E-state index contributed by atoms with van der Waals surface area (Å²) in [7, 11) is 0. The van der Waals surface area contributed by atoms with Crippen LogP contribution in [0.15, 0.2) is 59.1 Å². The molecule has 1 heterocycles. The van der Waals surface area contributed by atoms with E-state index >= 15 is 0 Å². The first-order chi connectivity index (χ1) is 13.1. The van der Waals surface area contributed by atoms with Gasteiger partial charge in [-0.1, -0.05) is 41.6 Å². The van der Waals surface area contributed by atoms with Crippen LogP contribution in [0.1, 0.15) is 17.0 Å². The van der Waals surface area contributed by atoms with E-state index in [1.165, 1.54) is 13.0 Å². The minimum atomic E-state index is -0.502. The fourth-order valence-corrected chi connectivity index (χ4v) is 2.43. The molecule has 0 unspecified atom stereocenters. The molecule has 3 aromatic rings. The number of rotatable bonds is 8. The average molecular weight is 366 g/mol. The lowest BCUT2D eigenvalue weighted by molar-refractivity contribution is -0.386. The number of benzene rings is 2. The Hall–Kier alpha value is -3.61. The van der Waals surface area contributed by atoms with Gasteiger partial charge in [0, 0.05) is 0 Å². The third-order valence-corrected chi connectivity index (χ3v) is 3.69. The lowest BCUT2D eigenvalue weighted by Crippen LogP contribution is -2.08. The van der Waals surface area contributed by atoms with Crippen molar-refractivity contribution in [3.8, 4) is 11.5 Å². The van der Waals surface area contributed by atoms with Gasteiger partial charge in [0.15, 0.2) is 5.69 Å². The lowest BCUT2D eigenvalue weighted by Gasteiger charge is -2.08. The van der Waals surface area contributed by atoms with E-state index < -0.39 is 4.92 Å². The molecule has 1 aromatic heterocycles. The second-order valence-corrected chi connectivity index (χ2v) is 5.65. The topological polar surface area (TPSA) is 87.6 Å². The largest absolute Gasteiger partial charge is 0.490 e. The van der Waals surface area contributed by atoms with E-state index in [2.05, 4.69) is 5.16 Å². The highest BCUT2D eigenvalue weighted by Crippen LogP contribution is 2.25. The van der Waals surface area contributed by atoms with Crippen LogP contribution in [0.2, 0.25) is 0 Å². The molecule has 138 valence electrons. The van der Waals surface area contributed by atoms with Crippen molar-refractivity contribution in [2.75, 3.05) is 13.2 Å². The highest BCUT2D eigenvalue weighted by atomic mass is 16.6. The fraction of sp³-hybridized carbons (Fsp3) is 0.150. The molecule has 0 atom stereocenters. The van der Waals surface area contributed by atoms with Crippen LogP contribution in [-0.2, 0) is 0 Å². The second kappa shape index (κ2) is 8.66. The molecule has 0 aliphatic heterocycles. The van der Waals surface area contributed by atoms with Gasteiger partial charge in [0.25, 0.3) is 0 Å². The maximum atomic E-state index is 11.1. The Balaban J connectivity index is 1.58. The van der Waals surface area contributed by atoms with Gasteiger partial charge in [-0.15, -0.1) is 0 Å². The number of aryl methyl sites for hydroxylation is 1. The summed E-state index contributed by atoms with van der Waals surface area (Å²) in [6.45, 7) is 2.35. The minimum Gasteiger partial charge on any atom is -0.490 e. The molecule has 0 N–H and O–H groups in total. The molecule has 0 saturated heterocycles. The molecule has 7 nitrogen and oxygen atoms in total. The minimum absolute atomic E-state index is 0.111. The molecule has 0 bridgehead atoms. The molecule has 0 radical (unpaired) electrons. The van der Waals surface area contributed by atoms with Gasteiger partial charge < -0.3 is 14.0 Å². The van der Waals surface area contributed by atoms with Gasteiger partial charge in [0.05, 0.1) is 4.92 Å². The molecule has 0 aliphatic carbocycles. The van der Waals surface area contributed by atoms with E-state index in [1.54, 1.807) is 6.08 Å². The highest BCUT2D eigenvalue weighted by molar-refractivity contribution is 5.72. The first kappa shape index (κ1) is 18.2. The number of nitrogens with zero attached hydrogens (tertiary/aromatic N) is 2. The Morgan fingerprint density at radius 1 is 1.04 bits per heavy atom. The van der Waals surface area contributed by atoms with Gasteiger partial charge in [-0.05, 0) is 42.8 Å². The average Bonchev–Trinajstić information content (AvgIpc) is 3.05. The van der Waals surface area contributed by atoms with Crippen LogP contribution in [0, 0.1) is 17.0 Å². The molecule has 27 heavy (non-hydrogen) atoms. The lowest BCUT2D eigenvalue weighted by atomic mass is 10.2. The molecule has 2 aromatic carbocycles. The van der Waals surface area contributed by atoms with Crippen LogP contribution < -0.4 is 9.47 Å². The summed E-state index contributed by atoms with van der Waals surface area (Å²) in [6, 6.07) is 16.9. The van der Waals surface area contributed by atoms with E-state index in [-0.39, 0.29) is 17.1 Å². The van der Waals surface area contributed by atoms with Crippen molar-refractivity contribution < 1.29 is 18.9 Å². The standard InChI is InChI=1S/C20H18N2O5/c1-15-20(22(23)24)19(27-21-15)11-10-16-6-5-9-18(14-16)26-13-12-25-17-7-3-2-4-8-17/h2-11,14H,12-13H2,1H3/b11-10-. The second-order valence-electron chi connectivity index (χ2n) is 5.65. The molecule has 7 heteroatoms. The van der Waals surface area contributed by atoms with Crippen LogP contribution in [0.4, 0.5) is 5.69 Å². The van der Waals surface area contributed by atoms with Crippen molar-refractivity contribution in [3.63, 3.8) is 0 Å². The predicted molar refractivity (Wildman–Crippen MR) is 101 cm³/mol. The van der Waals surface area contributed by atoms with E-state index in [0.29, 0.717) is 19.0 Å². The van der Waals surface area contributed by atoms with Crippen LogP contribution in [-0.4, -0.2) is 23.3 Å². The van der Waals surface area contributed by atoms with Crippen LogP contribution in [0.5, 0.6) is 11.5 Å². The Labute approximate surface area is 156 Å². The zero-order valence-corrected chi connectivity index (χ0v) is 14.7. The van der Waals surface area contributed by atoms with E-state index in [9.17, 15) is 10.1 Å². The number of hydrogen-bond acceptors (Lipinski definition) is 6. The van der Waals surface area contributed by atoms with Crippen molar-refractivity contribution in [2.24, 2.45) is 0 Å². The van der Waals surface area contributed by atoms with E-state index in [0.717, 1.165) is 11.3 Å². The van der Waals surface area contributed by atoms with Gasteiger partial charge in [-0.25, -0.2) is 0 Å². The van der Waals surface area contributed by atoms with Gasteiger partial charge in [0.2, 0.25) is 5.76 Å². The van der Waals surface area contributed by atoms with E-state index in [4.69, 9.17) is 14.0 Å². The van der Waals surface area contributed by atoms with Gasteiger partial charge in [-0.3, -0.25) is 10.1 Å². The monoisotopic (exact) mass is 366 g/mol. The molecule has 0 amide bonds. The summed E-state index contributed by atoms with van der Waals surface area (Å²) in [5.74, 6) is 1.58. The summed E-state index contributed by atoms with van der Waals surface area (Å²) in [5.41, 5.74) is 0.937. The number of hydrogen-bond donors (Lipinski definition) is 0. The van der Waals surface area contributed by atoms with Gasteiger partial charge in [-0.2, -0.15) is 0 Å². The molecule has 3 rings (SSSR count). The van der Waals surface area contributed by atoms with Crippen LogP contribution >= 0.6 is 0 Å². The maximum Gasteiger partial charge on any atom is 0.338 e. The summed E-state index contributed by atoms with van der Waals surface area (Å²) < 4.78 is 16.3. The Morgan fingerprint density at radius 2 is 1.74 bits per heavy atom. The highest BCUT2D eigenvalue weighted by Gasteiger charge is 2.21.